The van der Waals surface area contributed by atoms with Crippen molar-refractivity contribution in [3.05, 3.63) is 48.6 Å². The van der Waals surface area contributed by atoms with Crippen LogP contribution in [0.3, 0.4) is 0 Å². The van der Waals surface area contributed by atoms with E-state index in [0.29, 0.717) is 6.61 Å². The van der Waals surface area contributed by atoms with Gasteiger partial charge in [-0.25, -0.2) is 0 Å². The van der Waals surface area contributed by atoms with Crippen LogP contribution in [0.2, 0.25) is 0 Å². The van der Waals surface area contributed by atoms with Gasteiger partial charge in [0.2, 0.25) is 0 Å². The summed E-state index contributed by atoms with van der Waals surface area (Å²) in [5, 5.41) is 22.9. The van der Waals surface area contributed by atoms with E-state index in [0.717, 1.165) is 24.8 Å². The lowest BCUT2D eigenvalue weighted by Gasteiger charge is -2.51. The summed E-state index contributed by atoms with van der Waals surface area (Å²) >= 11 is 0. The van der Waals surface area contributed by atoms with Crippen LogP contribution in [-0.4, -0.2) is 104 Å². The van der Waals surface area contributed by atoms with E-state index < -0.39 is 61.8 Å². The lowest BCUT2D eigenvalue weighted by Crippen LogP contribution is -2.63. The summed E-state index contributed by atoms with van der Waals surface area (Å²) in [5.74, 6) is 0.180. The van der Waals surface area contributed by atoms with Gasteiger partial charge in [-0.05, 0) is 60.3 Å². The molecule has 1 aromatic carbocycles. The minimum atomic E-state index is -0.946. The van der Waals surface area contributed by atoms with Crippen molar-refractivity contribution in [1.29, 1.82) is 0 Å². The van der Waals surface area contributed by atoms with Crippen molar-refractivity contribution >= 4 is 0 Å². The topological polar surface area (TPSA) is 124 Å². The molecule has 4 heterocycles. The maximum atomic E-state index is 11.6. The van der Waals surface area contributed by atoms with Crippen LogP contribution >= 0.6 is 0 Å². The van der Waals surface area contributed by atoms with Crippen LogP contribution in [0.25, 0.3) is 0 Å². The summed E-state index contributed by atoms with van der Waals surface area (Å²) < 4.78 is 59.8. The van der Waals surface area contributed by atoms with Gasteiger partial charge in [-0.2, -0.15) is 0 Å². The molecule has 0 bridgehead atoms. The molecule has 8 unspecified atom stereocenters. The zero-order valence-electron chi connectivity index (χ0n) is 35.0. The average Bonchev–Trinajstić information content (AvgIpc) is 3.19. The summed E-state index contributed by atoms with van der Waals surface area (Å²) in [6, 6.07) is 10.1. The molecule has 55 heavy (non-hydrogen) atoms. The van der Waals surface area contributed by atoms with Crippen molar-refractivity contribution < 1.29 is 52.8 Å². The fraction of sp³-hybridized carbons (Fsp3) is 0.818. The number of aliphatic hydroxyl groups excluding tert-OH is 2. The SMILES string of the molecule is C=CCO[C@H]1OC(CO[C@@H]2OC(CC)[C@@H](C)C(C)[C@@H]2O)[C@@H](O[C@@H]2OC(CC)[C@@H](C)C(C)[C@@H]2O)C(O[C@@H]2OC(CC)[C@@H](C)C(C)[C@@H]2OCc2ccccc2)[C@@H]1C. The molecule has 11 nitrogen and oxygen atoms in total. The van der Waals surface area contributed by atoms with Crippen LogP contribution in [0.4, 0.5) is 0 Å². The van der Waals surface area contributed by atoms with Crippen LogP contribution < -0.4 is 0 Å². The van der Waals surface area contributed by atoms with Crippen LogP contribution in [0.1, 0.15) is 94.1 Å². The summed E-state index contributed by atoms with van der Waals surface area (Å²) in [4.78, 5) is 0. The minimum absolute atomic E-state index is 0.000910. The van der Waals surface area contributed by atoms with Crippen LogP contribution in [0, 0.1) is 41.4 Å². The van der Waals surface area contributed by atoms with Gasteiger partial charge < -0.3 is 52.8 Å². The summed E-state index contributed by atoms with van der Waals surface area (Å²) in [6.07, 6.45) is -3.76. The maximum Gasteiger partial charge on any atom is 0.184 e. The van der Waals surface area contributed by atoms with Crippen molar-refractivity contribution in [3.8, 4) is 0 Å². The molecule has 1 aromatic rings. The second kappa shape index (κ2) is 20.5. The Hall–Kier alpha value is -1.48. The van der Waals surface area contributed by atoms with Gasteiger partial charge in [0.05, 0.1) is 44.2 Å². The van der Waals surface area contributed by atoms with Crippen molar-refractivity contribution in [2.24, 2.45) is 41.4 Å². The Kier molecular flexibility index (Phi) is 16.6. The zero-order chi connectivity index (χ0) is 40.0. The van der Waals surface area contributed by atoms with E-state index in [4.69, 9.17) is 42.6 Å². The zero-order valence-corrected chi connectivity index (χ0v) is 35.0. The molecule has 4 saturated heterocycles. The molecule has 0 saturated carbocycles. The molecule has 0 spiro atoms. The standard InChI is InChI=1S/C44H72O11/c1-12-21-47-41-30(11)38(54-44-39(29(10)26(7)34(15-4)52-44)48-22-31-19-17-16-18-20-31)40(55-43-37(46)28(9)25(6)33(14-3)51-43)35(53-41)23-49-42-36(45)27(8)24(5)32(13-2)50-42/h12,16-20,24-30,32-46H,1,13-15,21-23H2,2-11H3/t24-,25-,26-,27?,28?,29?,30-,32?,33?,34?,35?,36-,37-,38?,39-,40+,41-,42+,43-,44-/m0/s1. The highest BCUT2D eigenvalue weighted by Gasteiger charge is 2.53. The van der Waals surface area contributed by atoms with E-state index in [1.807, 2.05) is 39.0 Å². The van der Waals surface area contributed by atoms with Gasteiger partial charge in [-0.3, -0.25) is 0 Å². The third-order valence-corrected chi connectivity index (χ3v) is 13.4. The average molecular weight is 777 g/mol. The van der Waals surface area contributed by atoms with E-state index in [1.54, 1.807) is 6.08 Å². The summed E-state index contributed by atoms with van der Waals surface area (Å²) in [6.45, 7) is 25.5. The van der Waals surface area contributed by atoms with Gasteiger partial charge >= 0.3 is 0 Å². The summed E-state index contributed by atoms with van der Waals surface area (Å²) in [7, 11) is 0. The van der Waals surface area contributed by atoms with Crippen molar-refractivity contribution in [1.82, 2.24) is 0 Å². The number of ether oxygens (including phenoxy) is 9. The van der Waals surface area contributed by atoms with E-state index in [-0.39, 0.29) is 73.0 Å². The molecule has 20 atom stereocenters. The van der Waals surface area contributed by atoms with E-state index in [9.17, 15) is 10.2 Å². The molecule has 11 heteroatoms. The molecule has 314 valence electrons. The van der Waals surface area contributed by atoms with Crippen LogP contribution in [0.5, 0.6) is 0 Å². The Morgan fingerprint density at radius 1 is 0.545 bits per heavy atom. The Morgan fingerprint density at radius 2 is 1.05 bits per heavy atom. The van der Waals surface area contributed by atoms with Crippen LogP contribution in [-0.2, 0) is 49.2 Å². The van der Waals surface area contributed by atoms with Gasteiger partial charge in [0.25, 0.3) is 0 Å². The molecule has 0 radical (unpaired) electrons. The van der Waals surface area contributed by atoms with E-state index in [2.05, 4.69) is 67.2 Å². The first-order chi connectivity index (χ1) is 26.3. The van der Waals surface area contributed by atoms with Gasteiger partial charge in [0.15, 0.2) is 25.2 Å². The van der Waals surface area contributed by atoms with Gasteiger partial charge in [0.1, 0.15) is 30.5 Å². The molecular weight excluding hydrogens is 704 g/mol. The van der Waals surface area contributed by atoms with Crippen molar-refractivity contribution in [2.75, 3.05) is 13.2 Å². The highest BCUT2D eigenvalue weighted by atomic mass is 16.8. The first-order valence-corrected chi connectivity index (χ1v) is 21.1. The molecule has 4 fully saturated rings. The quantitative estimate of drug-likeness (QED) is 0.171. The fourth-order valence-corrected chi connectivity index (χ4v) is 8.96. The molecule has 0 amide bonds. The summed E-state index contributed by atoms with van der Waals surface area (Å²) in [5.41, 5.74) is 1.06. The van der Waals surface area contributed by atoms with Crippen LogP contribution in [0.15, 0.2) is 43.0 Å². The highest BCUT2D eigenvalue weighted by molar-refractivity contribution is 5.13. The maximum absolute atomic E-state index is 11.6. The largest absolute Gasteiger partial charge is 0.388 e. The lowest BCUT2D eigenvalue weighted by atomic mass is 9.82. The Bertz CT molecular complexity index is 1280. The lowest BCUT2D eigenvalue weighted by molar-refractivity contribution is -0.377. The number of hydrogen-bond acceptors (Lipinski definition) is 11. The fourth-order valence-electron chi connectivity index (χ4n) is 8.96. The van der Waals surface area contributed by atoms with E-state index >= 15 is 0 Å². The number of aliphatic hydroxyl groups is 2. The van der Waals surface area contributed by atoms with E-state index in [1.165, 1.54) is 0 Å². The first kappa shape index (κ1) is 44.6. The molecule has 5 rings (SSSR count). The molecule has 0 aromatic heterocycles. The molecule has 4 aliphatic heterocycles. The smallest absolute Gasteiger partial charge is 0.184 e. The normalized spacial score (nSPS) is 45.3. The number of rotatable bonds is 16. The Labute approximate surface area is 330 Å². The third-order valence-electron chi connectivity index (χ3n) is 13.4. The molecule has 2 N–H and O–H groups in total. The predicted molar refractivity (Wildman–Crippen MR) is 209 cm³/mol. The molecule has 4 aliphatic rings. The van der Waals surface area contributed by atoms with Crippen molar-refractivity contribution in [2.45, 2.75) is 175 Å². The predicted octanol–water partition coefficient (Wildman–Crippen LogP) is 6.87. The van der Waals surface area contributed by atoms with Gasteiger partial charge in [0, 0.05) is 5.92 Å². The minimum Gasteiger partial charge on any atom is -0.388 e. The monoisotopic (exact) mass is 777 g/mol. The van der Waals surface area contributed by atoms with Gasteiger partial charge in [-0.1, -0.05) is 106 Å². The van der Waals surface area contributed by atoms with Crippen molar-refractivity contribution in [3.63, 3.8) is 0 Å². The molecular formula is C44H72O11. The number of hydrogen-bond donors (Lipinski definition) is 2. The molecule has 0 aliphatic carbocycles. The second-order valence-corrected chi connectivity index (χ2v) is 16.8. The second-order valence-electron chi connectivity index (χ2n) is 16.8. The van der Waals surface area contributed by atoms with Gasteiger partial charge in [-0.15, -0.1) is 6.58 Å². The first-order valence-electron chi connectivity index (χ1n) is 21.1. The Balaban J connectivity index is 1.49. The highest BCUT2D eigenvalue weighted by Crippen LogP contribution is 2.41. The Morgan fingerprint density at radius 3 is 1.64 bits per heavy atom. The third kappa shape index (κ3) is 10.2. The number of benzene rings is 1.